The van der Waals surface area contributed by atoms with Gasteiger partial charge in [-0.3, -0.25) is 0 Å². The third kappa shape index (κ3) is 11.8. The standard InChI is InChI=1S/C55H74O4Si2/c1-11-13-15-17-19-33-43-49(58-60(53(3,4)5,45-35-25-21-26-36-45)46-37-27-22-28-38-46)51-52(57-55(9,10)56-51)50(44-34-20-18-16-14-12-2)59-61(54(6,7)8,47-39-29-23-30-40-47)48-41-31-24-32-42-48/h21-32,35-42,49-52H,11-18,43-44H2,1-10H3/t49-,50-,51-,52-/m1/s1. The van der Waals surface area contributed by atoms with Crippen molar-refractivity contribution in [3.63, 3.8) is 0 Å². The number of unbranched alkanes of at least 4 members (excludes halogenated alkanes) is 6. The maximum Gasteiger partial charge on any atom is 0.261 e. The molecule has 4 aromatic rings. The van der Waals surface area contributed by atoms with E-state index in [2.05, 4.69) is 200 Å². The van der Waals surface area contributed by atoms with Crippen molar-refractivity contribution >= 4 is 37.4 Å². The molecule has 0 aromatic heterocycles. The van der Waals surface area contributed by atoms with Crippen LogP contribution >= 0.6 is 0 Å². The van der Waals surface area contributed by atoms with Crippen molar-refractivity contribution in [3.05, 3.63) is 121 Å². The maximum atomic E-state index is 8.05. The molecule has 5 rings (SSSR count). The quantitative estimate of drug-likeness (QED) is 0.0568. The Balaban J connectivity index is 1.72. The normalized spacial score (nSPS) is 17.7. The van der Waals surface area contributed by atoms with E-state index < -0.39 is 46.8 Å². The summed E-state index contributed by atoms with van der Waals surface area (Å²) >= 11 is 0. The number of hydrogen-bond donors (Lipinski definition) is 0. The molecule has 4 nitrogen and oxygen atoms in total. The lowest BCUT2D eigenvalue weighted by Gasteiger charge is -2.48. The Labute approximate surface area is 372 Å². The number of ether oxygens (including phenoxy) is 2. The van der Waals surface area contributed by atoms with Crippen LogP contribution in [-0.4, -0.2) is 46.8 Å². The van der Waals surface area contributed by atoms with E-state index in [1.807, 2.05) is 13.8 Å². The average molecular weight is 855 g/mol. The highest BCUT2D eigenvalue weighted by Gasteiger charge is 2.58. The van der Waals surface area contributed by atoms with Gasteiger partial charge in [-0.2, -0.15) is 0 Å². The third-order valence-electron chi connectivity index (χ3n) is 12.1. The second-order valence-electron chi connectivity index (χ2n) is 19.2. The van der Waals surface area contributed by atoms with Crippen LogP contribution in [0.25, 0.3) is 0 Å². The van der Waals surface area contributed by atoms with Crippen LogP contribution in [0.5, 0.6) is 0 Å². The third-order valence-corrected chi connectivity index (χ3v) is 22.2. The van der Waals surface area contributed by atoms with Crippen LogP contribution in [-0.2, 0) is 18.3 Å². The lowest BCUT2D eigenvalue weighted by atomic mass is 9.99. The van der Waals surface area contributed by atoms with Crippen molar-refractivity contribution in [2.45, 2.75) is 174 Å². The number of rotatable bonds is 18. The molecule has 1 heterocycles. The fraction of sp³-hybridized carbons (Fsp3) is 0.491. The predicted octanol–water partition coefficient (Wildman–Crippen LogP) is 11.3. The minimum Gasteiger partial charge on any atom is -0.401 e. The van der Waals surface area contributed by atoms with Gasteiger partial charge in [0.2, 0.25) is 0 Å². The summed E-state index contributed by atoms with van der Waals surface area (Å²) in [6.07, 6.45) is 7.75. The van der Waals surface area contributed by atoms with Crippen molar-refractivity contribution in [1.82, 2.24) is 0 Å². The van der Waals surface area contributed by atoms with E-state index in [1.165, 1.54) is 46.4 Å². The molecule has 1 saturated heterocycles. The molecule has 0 radical (unpaired) electrons. The van der Waals surface area contributed by atoms with Gasteiger partial charge in [0.15, 0.2) is 5.79 Å². The summed E-state index contributed by atoms with van der Waals surface area (Å²) in [7, 11) is -6.12. The SMILES string of the molecule is CCCCCC#CC[C@@H](O[Si](c1ccccc1)(c1ccccc1)C(C)(C)C)[C@H]1OC(C)(C)O[C@@H]1[C@@H](CC#CCCCCC)O[Si](c1ccccc1)(c1ccccc1)C(C)(C)C. The van der Waals surface area contributed by atoms with E-state index in [4.69, 9.17) is 18.3 Å². The topological polar surface area (TPSA) is 36.9 Å². The monoisotopic (exact) mass is 855 g/mol. The zero-order valence-electron chi connectivity index (χ0n) is 39.1. The second kappa shape index (κ2) is 22.1. The van der Waals surface area contributed by atoms with E-state index in [0.717, 1.165) is 25.7 Å². The predicted molar refractivity (Wildman–Crippen MR) is 262 cm³/mol. The molecule has 4 aromatic carbocycles. The van der Waals surface area contributed by atoms with Gasteiger partial charge >= 0.3 is 0 Å². The Morgan fingerprint density at radius 1 is 0.492 bits per heavy atom. The van der Waals surface area contributed by atoms with E-state index in [1.54, 1.807) is 0 Å². The van der Waals surface area contributed by atoms with E-state index in [-0.39, 0.29) is 10.1 Å². The average Bonchev–Trinajstić information content (AvgIpc) is 3.57. The minimum atomic E-state index is -3.06. The molecular formula is C55H74O4Si2. The molecule has 1 fully saturated rings. The van der Waals surface area contributed by atoms with Crippen LogP contribution in [0, 0.1) is 23.7 Å². The van der Waals surface area contributed by atoms with Gasteiger partial charge in [0.1, 0.15) is 12.2 Å². The van der Waals surface area contributed by atoms with Gasteiger partial charge in [0.25, 0.3) is 16.6 Å². The molecule has 6 heteroatoms. The van der Waals surface area contributed by atoms with Gasteiger partial charge in [0, 0.05) is 25.7 Å². The lowest BCUT2D eigenvalue weighted by Crippen LogP contribution is -2.70. The van der Waals surface area contributed by atoms with Crippen molar-refractivity contribution in [2.75, 3.05) is 0 Å². The summed E-state index contributed by atoms with van der Waals surface area (Å²) in [4.78, 5) is 0. The highest BCUT2D eigenvalue weighted by Crippen LogP contribution is 2.44. The molecule has 1 aliphatic heterocycles. The largest absolute Gasteiger partial charge is 0.401 e. The smallest absolute Gasteiger partial charge is 0.261 e. The van der Waals surface area contributed by atoms with E-state index in [9.17, 15) is 0 Å². The molecule has 4 atom stereocenters. The van der Waals surface area contributed by atoms with Gasteiger partial charge in [0.05, 0.1) is 12.2 Å². The molecule has 0 bridgehead atoms. The molecule has 1 aliphatic rings. The van der Waals surface area contributed by atoms with Gasteiger partial charge in [-0.25, -0.2) is 0 Å². The molecule has 326 valence electrons. The summed E-state index contributed by atoms with van der Waals surface area (Å²) in [5, 5.41) is 4.40. The first kappa shape index (κ1) is 48.3. The van der Waals surface area contributed by atoms with Crippen molar-refractivity contribution in [3.8, 4) is 23.7 Å². The number of hydrogen-bond acceptors (Lipinski definition) is 4. The van der Waals surface area contributed by atoms with Crippen molar-refractivity contribution in [1.29, 1.82) is 0 Å². The first-order valence-electron chi connectivity index (χ1n) is 23.0. The minimum absolute atomic E-state index is 0.248. The fourth-order valence-electron chi connectivity index (χ4n) is 9.13. The van der Waals surface area contributed by atoms with Crippen LogP contribution in [0.15, 0.2) is 121 Å². The molecule has 0 aliphatic carbocycles. The first-order valence-corrected chi connectivity index (χ1v) is 26.9. The summed E-state index contributed by atoms with van der Waals surface area (Å²) in [6.45, 7) is 22.6. The summed E-state index contributed by atoms with van der Waals surface area (Å²) in [5.41, 5.74) is 0. The van der Waals surface area contributed by atoms with Crippen LogP contribution in [0.3, 0.4) is 0 Å². The lowest BCUT2D eigenvalue weighted by molar-refractivity contribution is -0.158. The maximum absolute atomic E-state index is 8.05. The molecular weight excluding hydrogens is 781 g/mol. The first-order chi connectivity index (χ1) is 29.2. The summed E-state index contributed by atoms with van der Waals surface area (Å²) < 4.78 is 30.5. The molecule has 0 N–H and O–H groups in total. The van der Waals surface area contributed by atoms with Crippen LogP contribution in [0.2, 0.25) is 10.1 Å². The highest BCUT2D eigenvalue weighted by atomic mass is 28.4. The Kier molecular flexibility index (Phi) is 17.5. The van der Waals surface area contributed by atoms with Gasteiger partial charge in [-0.05, 0) is 57.5 Å². The molecule has 61 heavy (non-hydrogen) atoms. The Bertz CT molecular complexity index is 1790. The Morgan fingerprint density at radius 3 is 1.05 bits per heavy atom. The summed E-state index contributed by atoms with van der Waals surface area (Å²) in [6, 6.07) is 43.6. The van der Waals surface area contributed by atoms with Gasteiger partial charge < -0.3 is 18.3 Å². The fourth-order valence-corrected chi connectivity index (χ4v) is 18.5. The molecule has 0 spiro atoms. The van der Waals surface area contributed by atoms with Crippen molar-refractivity contribution < 1.29 is 18.3 Å². The molecule has 0 saturated carbocycles. The van der Waals surface area contributed by atoms with E-state index >= 15 is 0 Å². The van der Waals surface area contributed by atoms with E-state index in [0.29, 0.717) is 12.8 Å². The summed E-state index contributed by atoms with van der Waals surface area (Å²) in [5.74, 6) is 13.5. The van der Waals surface area contributed by atoms with Crippen molar-refractivity contribution in [2.24, 2.45) is 0 Å². The number of benzene rings is 4. The highest BCUT2D eigenvalue weighted by molar-refractivity contribution is 7.00. The zero-order valence-corrected chi connectivity index (χ0v) is 41.1. The Morgan fingerprint density at radius 2 is 0.787 bits per heavy atom. The van der Waals surface area contributed by atoms with Crippen LogP contribution < -0.4 is 20.7 Å². The second-order valence-corrected chi connectivity index (χ2v) is 27.7. The molecule has 0 amide bonds. The van der Waals surface area contributed by atoms with Crippen LogP contribution in [0.4, 0.5) is 0 Å². The van der Waals surface area contributed by atoms with Gasteiger partial charge in [-0.1, -0.05) is 202 Å². The Hall–Kier alpha value is -3.73. The van der Waals surface area contributed by atoms with Crippen LogP contribution in [0.1, 0.15) is 133 Å². The zero-order chi connectivity index (χ0) is 44.0. The van der Waals surface area contributed by atoms with Gasteiger partial charge in [-0.15, -0.1) is 23.7 Å². The molecule has 0 unspecified atom stereocenters.